The van der Waals surface area contributed by atoms with Gasteiger partial charge in [-0.1, -0.05) is 51.1 Å². The number of ether oxygens (including phenoxy) is 1. The van der Waals surface area contributed by atoms with Crippen molar-refractivity contribution in [2.24, 2.45) is 0 Å². The number of carbonyl (C=O) groups is 2. The molecule has 0 aliphatic heterocycles. The highest BCUT2D eigenvalue weighted by Crippen LogP contribution is 2.37. The third kappa shape index (κ3) is 7.53. The summed E-state index contributed by atoms with van der Waals surface area (Å²) in [5.41, 5.74) is 8.15. The second-order valence-electron chi connectivity index (χ2n) is 10.4. The molecule has 0 aliphatic rings. The van der Waals surface area contributed by atoms with Gasteiger partial charge in [-0.15, -0.1) is 0 Å². The smallest absolute Gasteiger partial charge is 0.338 e. The molecular formula is C32H39NO4. The van der Waals surface area contributed by atoms with E-state index in [0.29, 0.717) is 31.6 Å². The van der Waals surface area contributed by atoms with Gasteiger partial charge >= 0.3 is 5.97 Å². The van der Waals surface area contributed by atoms with E-state index in [1.807, 2.05) is 12.1 Å². The van der Waals surface area contributed by atoms with E-state index in [1.165, 1.54) is 11.1 Å². The van der Waals surface area contributed by atoms with E-state index < -0.39 is 0 Å². The molecule has 0 saturated heterocycles. The highest BCUT2D eigenvalue weighted by atomic mass is 16.5. The van der Waals surface area contributed by atoms with Crippen LogP contribution in [0.1, 0.15) is 68.9 Å². The standard InChI is InChI=1S/C32H39NO4/c1-6-37-31(36)25-12-9-23(10-13-25)26-14-11-24(8-7-19-34)28(20-26)27-15-16-30(33-18-17-22(2)35)29(21-27)32(3,4)5/h9-16,20-21,33-34H,6-8,17-19H2,1-5H3. The van der Waals surface area contributed by atoms with Gasteiger partial charge in [0.2, 0.25) is 0 Å². The van der Waals surface area contributed by atoms with Gasteiger partial charge in [-0.2, -0.15) is 0 Å². The molecule has 0 bridgehead atoms. The van der Waals surface area contributed by atoms with Crippen molar-refractivity contribution in [1.82, 2.24) is 0 Å². The minimum atomic E-state index is -0.319. The Kier molecular flexibility index (Phi) is 9.65. The molecule has 0 aliphatic carbocycles. The first-order valence-corrected chi connectivity index (χ1v) is 13.0. The van der Waals surface area contributed by atoms with Crippen molar-refractivity contribution in [2.45, 2.75) is 59.3 Å². The van der Waals surface area contributed by atoms with Gasteiger partial charge in [0.25, 0.3) is 0 Å². The summed E-state index contributed by atoms with van der Waals surface area (Å²) in [6.45, 7) is 11.1. The molecule has 3 aromatic carbocycles. The molecule has 196 valence electrons. The van der Waals surface area contributed by atoms with Gasteiger partial charge in [-0.25, -0.2) is 4.79 Å². The summed E-state index contributed by atoms with van der Waals surface area (Å²) in [5.74, 6) is -0.150. The number of aliphatic hydroxyl groups excluding tert-OH is 1. The maximum Gasteiger partial charge on any atom is 0.338 e. The van der Waals surface area contributed by atoms with E-state index >= 15 is 0 Å². The van der Waals surface area contributed by atoms with E-state index in [4.69, 9.17) is 4.74 Å². The Hall–Kier alpha value is -3.44. The molecule has 3 rings (SSSR count). The van der Waals surface area contributed by atoms with Gasteiger partial charge in [0.1, 0.15) is 5.78 Å². The Balaban J connectivity index is 2.03. The normalized spacial score (nSPS) is 11.3. The summed E-state index contributed by atoms with van der Waals surface area (Å²) in [6, 6.07) is 20.4. The summed E-state index contributed by atoms with van der Waals surface area (Å²) in [5, 5.41) is 12.9. The van der Waals surface area contributed by atoms with Crippen LogP contribution in [0.25, 0.3) is 22.3 Å². The zero-order valence-electron chi connectivity index (χ0n) is 22.7. The second-order valence-corrected chi connectivity index (χ2v) is 10.4. The largest absolute Gasteiger partial charge is 0.462 e. The van der Waals surface area contributed by atoms with Crippen molar-refractivity contribution in [3.63, 3.8) is 0 Å². The lowest BCUT2D eigenvalue weighted by atomic mass is 9.83. The summed E-state index contributed by atoms with van der Waals surface area (Å²) >= 11 is 0. The van der Waals surface area contributed by atoms with Crippen LogP contribution in [0.4, 0.5) is 5.69 Å². The molecule has 0 aromatic heterocycles. The summed E-state index contributed by atoms with van der Waals surface area (Å²) in [6.07, 6.45) is 1.96. The van der Waals surface area contributed by atoms with Crippen LogP contribution >= 0.6 is 0 Å². The van der Waals surface area contributed by atoms with Crippen molar-refractivity contribution >= 4 is 17.4 Å². The summed E-state index contributed by atoms with van der Waals surface area (Å²) in [4.78, 5) is 23.5. The number of hydrogen-bond acceptors (Lipinski definition) is 5. The molecule has 0 fully saturated rings. The molecule has 3 aromatic rings. The number of benzene rings is 3. The molecule has 0 unspecified atom stereocenters. The predicted molar refractivity (Wildman–Crippen MR) is 151 cm³/mol. The SMILES string of the molecule is CCOC(=O)c1ccc(-c2ccc(CCCO)c(-c3ccc(NCCC(C)=O)c(C(C)(C)C)c3)c2)cc1. The van der Waals surface area contributed by atoms with Crippen molar-refractivity contribution in [2.75, 3.05) is 25.1 Å². The molecule has 0 radical (unpaired) electrons. The van der Waals surface area contributed by atoms with Crippen molar-refractivity contribution < 1.29 is 19.4 Å². The van der Waals surface area contributed by atoms with Crippen LogP contribution in [0.2, 0.25) is 0 Å². The van der Waals surface area contributed by atoms with Crippen LogP contribution in [0.5, 0.6) is 0 Å². The van der Waals surface area contributed by atoms with Gasteiger partial charge in [-0.3, -0.25) is 4.79 Å². The van der Waals surface area contributed by atoms with Gasteiger partial charge < -0.3 is 15.2 Å². The lowest BCUT2D eigenvalue weighted by Gasteiger charge is -2.25. The average molecular weight is 502 g/mol. The maximum absolute atomic E-state index is 12.1. The number of hydrogen-bond donors (Lipinski definition) is 2. The summed E-state index contributed by atoms with van der Waals surface area (Å²) in [7, 11) is 0. The molecule has 37 heavy (non-hydrogen) atoms. The molecule has 0 saturated carbocycles. The van der Waals surface area contributed by atoms with E-state index in [-0.39, 0.29) is 23.8 Å². The fraction of sp³-hybridized carbons (Fsp3) is 0.375. The van der Waals surface area contributed by atoms with Crippen LogP contribution in [0, 0.1) is 0 Å². The fourth-order valence-corrected chi connectivity index (χ4v) is 4.39. The number of anilines is 1. The van der Waals surface area contributed by atoms with Crippen LogP contribution in [-0.2, 0) is 21.4 Å². The van der Waals surface area contributed by atoms with E-state index in [2.05, 4.69) is 62.5 Å². The van der Waals surface area contributed by atoms with Crippen LogP contribution in [0.15, 0.2) is 60.7 Å². The van der Waals surface area contributed by atoms with Crippen LogP contribution < -0.4 is 5.32 Å². The minimum absolute atomic E-state index is 0.0969. The molecule has 0 spiro atoms. The molecule has 0 atom stereocenters. The molecule has 5 heteroatoms. The topological polar surface area (TPSA) is 75.6 Å². The molecule has 0 amide bonds. The third-order valence-electron chi connectivity index (χ3n) is 6.37. The minimum Gasteiger partial charge on any atom is -0.462 e. The first-order chi connectivity index (χ1) is 17.6. The average Bonchev–Trinajstić information content (AvgIpc) is 2.87. The quantitative estimate of drug-likeness (QED) is 0.282. The number of Topliss-reactive ketones (excluding diaryl/α,β-unsaturated/α-hetero) is 1. The highest BCUT2D eigenvalue weighted by molar-refractivity contribution is 5.90. The zero-order chi connectivity index (χ0) is 27.0. The molecular weight excluding hydrogens is 462 g/mol. The Morgan fingerprint density at radius 3 is 2.22 bits per heavy atom. The second kappa shape index (κ2) is 12.7. The van der Waals surface area contributed by atoms with Gasteiger partial charge in [0, 0.05) is 25.3 Å². The van der Waals surface area contributed by atoms with Crippen molar-refractivity contribution in [3.8, 4) is 22.3 Å². The van der Waals surface area contributed by atoms with E-state index in [0.717, 1.165) is 34.4 Å². The summed E-state index contributed by atoms with van der Waals surface area (Å²) < 4.78 is 5.11. The Bertz CT molecular complexity index is 1220. The maximum atomic E-state index is 12.1. The number of nitrogens with one attached hydrogen (secondary N) is 1. The highest BCUT2D eigenvalue weighted by Gasteiger charge is 2.20. The lowest BCUT2D eigenvalue weighted by Crippen LogP contribution is -2.16. The number of rotatable bonds is 11. The van der Waals surface area contributed by atoms with Crippen molar-refractivity contribution in [3.05, 3.63) is 77.4 Å². The van der Waals surface area contributed by atoms with Gasteiger partial charge in [0.15, 0.2) is 0 Å². The zero-order valence-corrected chi connectivity index (χ0v) is 22.7. The number of esters is 1. The number of aliphatic hydroxyl groups is 1. The molecule has 2 N–H and O–H groups in total. The van der Waals surface area contributed by atoms with Crippen LogP contribution in [0.3, 0.4) is 0 Å². The third-order valence-corrected chi connectivity index (χ3v) is 6.37. The Labute approximate surface area is 220 Å². The number of aryl methyl sites for hydroxylation is 1. The van der Waals surface area contributed by atoms with E-state index in [9.17, 15) is 14.7 Å². The van der Waals surface area contributed by atoms with Crippen molar-refractivity contribution in [1.29, 1.82) is 0 Å². The monoisotopic (exact) mass is 501 g/mol. The van der Waals surface area contributed by atoms with E-state index in [1.54, 1.807) is 26.0 Å². The Morgan fingerprint density at radius 1 is 0.919 bits per heavy atom. The van der Waals surface area contributed by atoms with Gasteiger partial charge in [-0.05, 0) is 95.8 Å². The fourth-order valence-electron chi connectivity index (χ4n) is 4.39. The Morgan fingerprint density at radius 2 is 1.59 bits per heavy atom. The van der Waals surface area contributed by atoms with Gasteiger partial charge in [0.05, 0.1) is 12.2 Å². The van der Waals surface area contributed by atoms with Crippen LogP contribution in [-0.4, -0.2) is 36.6 Å². The molecule has 0 heterocycles. The number of ketones is 1. The number of carbonyl (C=O) groups excluding carboxylic acids is 2. The first-order valence-electron chi connectivity index (χ1n) is 13.0. The lowest BCUT2D eigenvalue weighted by molar-refractivity contribution is -0.116. The predicted octanol–water partition coefficient (Wildman–Crippen LogP) is 6.81. The first kappa shape index (κ1) is 28.1. The molecule has 5 nitrogen and oxygen atoms in total.